The molecule has 0 radical (unpaired) electrons. The third-order valence-electron chi connectivity index (χ3n) is 1.30. The lowest BCUT2D eigenvalue weighted by Gasteiger charge is -2.05. The molecule has 0 saturated carbocycles. The first-order valence-electron chi connectivity index (χ1n) is 3.42. The smallest absolute Gasteiger partial charge is 0.0807 e. The summed E-state index contributed by atoms with van der Waals surface area (Å²) in [4.78, 5) is 0. The molecule has 0 aromatic carbocycles. The van der Waals surface area contributed by atoms with E-state index in [0.29, 0.717) is 6.54 Å². The number of rotatable bonds is 4. The minimum Gasteiger partial charge on any atom is -0.325 e. The van der Waals surface area contributed by atoms with Crippen LogP contribution in [0.1, 0.15) is 6.92 Å². The molecule has 0 saturated heterocycles. The fourth-order valence-corrected chi connectivity index (χ4v) is 0.618. The number of hydrogen-bond donors (Lipinski definition) is 2. The Morgan fingerprint density at radius 3 is 2.36 bits per heavy atom. The summed E-state index contributed by atoms with van der Waals surface area (Å²) in [6.07, 6.45) is 0. The van der Waals surface area contributed by atoms with Gasteiger partial charge in [-0.2, -0.15) is 5.10 Å². The molecule has 0 aliphatic carbocycles. The summed E-state index contributed by atoms with van der Waals surface area (Å²) < 4.78 is 0. The quantitative estimate of drug-likeness (QED) is 0.354. The largest absolute Gasteiger partial charge is 0.325 e. The number of nitrogens with zero attached hydrogens (tertiary/aromatic N) is 1. The van der Waals surface area contributed by atoms with E-state index in [1.165, 1.54) is 0 Å². The van der Waals surface area contributed by atoms with E-state index in [0.717, 1.165) is 16.9 Å². The summed E-state index contributed by atoms with van der Waals surface area (Å²) in [5.74, 6) is 0. The van der Waals surface area contributed by atoms with Gasteiger partial charge < -0.3 is 11.2 Å². The van der Waals surface area contributed by atoms with Crippen LogP contribution in [0.5, 0.6) is 0 Å². The van der Waals surface area contributed by atoms with E-state index in [1.54, 1.807) is 7.05 Å². The molecule has 3 nitrogen and oxygen atoms in total. The maximum Gasteiger partial charge on any atom is 0.0807 e. The minimum absolute atomic E-state index is 0.381. The van der Waals surface area contributed by atoms with Gasteiger partial charge in [-0.15, -0.1) is 0 Å². The van der Waals surface area contributed by atoms with Gasteiger partial charge in [-0.25, -0.2) is 0 Å². The highest BCUT2D eigenvalue weighted by atomic mass is 15.3. The van der Waals surface area contributed by atoms with Crippen molar-refractivity contribution in [1.82, 2.24) is 5.43 Å². The standard InChI is InChI=1S/C8H15N3/c1-6(2)7(3)8(5-9)11-10-4/h10H,1,3,5,9H2,2,4H3/b11-8-. The van der Waals surface area contributed by atoms with Gasteiger partial charge in [-0.3, -0.25) is 0 Å². The van der Waals surface area contributed by atoms with Crippen molar-refractivity contribution >= 4 is 5.71 Å². The molecule has 0 spiro atoms. The second-order valence-electron chi connectivity index (χ2n) is 2.25. The normalized spacial score (nSPS) is 11.0. The van der Waals surface area contributed by atoms with E-state index in [-0.39, 0.29) is 0 Å². The molecular formula is C8H15N3. The van der Waals surface area contributed by atoms with Crippen molar-refractivity contribution in [3.8, 4) is 0 Å². The molecule has 0 aromatic rings. The van der Waals surface area contributed by atoms with E-state index < -0.39 is 0 Å². The Hall–Kier alpha value is -1.09. The molecular weight excluding hydrogens is 138 g/mol. The Kier molecular flexibility index (Phi) is 4.22. The van der Waals surface area contributed by atoms with Crippen molar-refractivity contribution < 1.29 is 0 Å². The van der Waals surface area contributed by atoms with Crippen molar-refractivity contribution in [1.29, 1.82) is 0 Å². The maximum atomic E-state index is 5.42. The van der Waals surface area contributed by atoms with Gasteiger partial charge in [0, 0.05) is 13.6 Å². The van der Waals surface area contributed by atoms with Gasteiger partial charge in [0.05, 0.1) is 5.71 Å². The molecule has 0 rings (SSSR count). The molecule has 0 aliphatic rings. The average molecular weight is 153 g/mol. The predicted octanol–water partition coefficient (Wildman–Crippen LogP) is 0.653. The fourth-order valence-electron chi connectivity index (χ4n) is 0.618. The Labute approximate surface area is 67.7 Å². The van der Waals surface area contributed by atoms with Gasteiger partial charge in [0.2, 0.25) is 0 Å². The van der Waals surface area contributed by atoms with Crippen molar-refractivity contribution in [3.63, 3.8) is 0 Å². The zero-order valence-corrected chi connectivity index (χ0v) is 7.15. The zero-order chi connectivity index (χ0) is 8.85. The van der Waals surface area contributed by atoms with Gasteiger partial charge in [-0.1, -0.05) is 13.2 Å². The average Bonchev–Trinajstić information content (AvgIpc) is 1.98. The highest BCUT2D eigenvalue weighted by Gasteiger charge is 2.01. The summed E-state index contributed by atoms with van der Waals surface area (Å²) >= 11 is 0. The summed E-state index contributed by atoms with van der Waals surface area (Å²) in [6, 6.07) is 0. The Bertz CT molecular complexity index is 192. The van der Waals surface area contributed by atoms with Crippen LogP contribution in [0.15, 0.2) is 29.4 Å². The number of hydrogen-bond acceptors (Lipinski definition) is 3. The summed E-state index contributed by atoms with van der Waals surface area (Å²) in [5.41, 5.74) is 10.5. The number of nitrogens with one attached hydrogen (secondary N) is 1. The number of allylic oxidation sites excluding steroid dienone is 1. The lowest BCUT2D eigenvalue weighted by molar-refractivity contribution is 0.894. The van der Waals surface area contributed by atoms with Crippen LogP contribution in [0, 0.1) is 0 Å². The van der Waals surface area contributed by atoms with Crippen LogP contribution in [-0.4, -0.2) is 19.3 Å². The minimum atomic E-state index is 0.381. The van der Waals surface area contributed by atoms with Gasteiger partial charge in [0.25, 0.3) is 0 Å². The molecule has 0 heterocycles. The SMILES string of the molecule is C=C(C)C(=C)/C(CN)=N\NC. The first kappa shape index (κ1) is 9.91. The van der Waals surface area contributed by atoms with Crippen LogP contribution in [0.3, 0.4) is 0 Å². The molecule has 0 unspecified atom stereocenters. The van der Waals surface area contributed by atoms with E-state index in [1.807, 2.05) is 6.92 Å². The second-order valence-corrected chi connectivity index (χ2v) is 2.25. The maximum absolute atomic E-state index is 5.42. The molecule has 0 amide bonds. The van der Waals surface area contributed by atoms with Crippen LogP contribution >= 0.6 is 0 Å². The van der Waals surface area contributed by atoms with Gasteiger partial charge >= 0.3 is 0 Å². The van der Waals surface area contributed by atoms with Crippen molar-refractivity contribution in [2.45, 2.75) is 6.92 Å². The van der Waals surface area contributed by atoms with E-state index in [9.17, 15) is 0 Å². The highest BCUT2D eigenvalue weighted by Crippen LogP contribution is 2.04. The summed E-state index contributed by atoms with van der Waals surface area (Å²) in [5, 5.41) is 3.95. The van der Waals surface area contributed by atoms with Crippen LogP contribution in [0.2, 0.25) is 0 Å². The molecule has 0 aromatic heterocycles. The third-order valence-corrected chi connectivity index (χ3v) is 1.30. The van der Waals surface area contributed by atoms with Crippen LogP contribution < -0.4 is 11.2 Å². The summed E-state index contributed by atoms with van der Waals surface area (Å²) in [6.45, 7) is 9.80. The van der Waals surface area contributed by atoms with Gasteiger partial charge in [0.1, 0.15) is 0 Å². The Balaban J connectivity index is 4.39. The zero-order valence-electron chi connectivity index (χ0n) is 7.15. The number of hydrazone groups is 1. The first-order chi connectivity index (χ1) is 5.13. The van der Waals surface area contributed by atoms with Crippen molar-refractivity contribution in [2.75, 3.05) is 13.6 Å². The summed E-state index contributed by atoms with van der Waals surface area (Å²) in [7, 11) is 1.72. The van der Waals surface area contributed by atoms with E-state index in [2.05, 4.69) is 23.7 Å². The Morgan fingerprint density at radius 2 is 2.09 bits per heavy atom. The first-order valence-corrected chi connectivity index (χ1v) is 3.42. The van der Waals surface area contributed by atoms with Crippen LogP contribution in [-0.2, 0) is 0 Å². The molecule has 11 heavy (non-hydrogen) atoms. The fraction of sp³-hybridized carbons (Fsp3) is 0.375. The lowest BCUT2D eigenvalue weighted by atomic mass is 10.1. The van der Waals surface area contributed by atoms with Gasteiger partial charge in [-0.05, 0) is 18.1 Å². The van der Waals surface area contributed by atoms with E-state index >= 15 is 0 Å². The molecule has 0 fully saturated rings. The predicted molar refractivity (Wildman–Crippen MR) is 49.5 cm³/mol. The molecule has 3 heteroatoms. The molecule has 0 atom stereocenters. The molecule has 0 aliphatic heterocycles. The lowest BCUT2D eigenvalue weighted by Crippen LogP contribution is -2.19. The highest BCUT2D eigenvalue weighted by molar-refractivity contribution is 6.04. The molecule has 62 valence electrons. The molecule has 0 bridgehead atoms. The second kappa shape index (κ2) is 4.68. The number of nitrogens with two attached hydrogens (primary N) is 1. The monoisotopic (exact) mass is 153 g/mol. The van der Waals surface area contributed by atoms with Crippen molar-refractivity contribution in [3.05, 3.63) is 24.3 Å². The topological polar surface area (TPSA) is 50.4 Å². The van der Waals surface area contributed by atoms with Crippen LogP contribution in [0.4, 0.5) is 0 Å². The van der Waals surface area contributed by atoms with Crippen molar-refractivity contribution in [2.24, 2.45) is 10.8 Å². The van der Waals surface area contributed by atoms with Crippen LogP contribution in [0.25, 0.3) is 0 Å². The van der Waals surface area contributed by atoms with Gasteiger partial charge in [0.15, 0.2) is 0 Å². The third kappa shape index (κ3) is 3.00. The Morgan fingerprint density at radius 1 is 1.55 bits per heavy atom. The molecule has 3 N–H and O–H groups in total. The van der Waals surface area contributed by atoms with E-state index in [4.69, 9.17) is 5.73 Å².